The van der Waals surface area contributed by atoms with Gasteiger partial charge in [0.25, 0.3) is 0 Å². The van der Waals surface area contributed by atoms with Crippen molar-refractivity contribution < 1.29 is 13.2 Å². The van der Waals surface area contributed by atoms with Gasteiger partial charge in [0.15, 0.2) is 0 Å². The number of hydrogen-bond acceptors (Lipinski definition) is 7. The first-order valence-corrected chi connectivity index (χ1v) is 10.5. The van der Waals surface area contributed by atoms with Crippen LogP contribution < -0.4 is 15.8 Å². The summed E-state index contributed by atoms with van der Waals surface area (Å²) in [5.41, 5.74) is 1.00. The van der Waals surface area contributed by atoms with E-state index >= 15 is 0 Å². The standard InChI is InChI=1S/C13H22N4O3S3/c1-3-15-11-8-17(6-4-5-16-9(2)18)22-13-10(11)7-12(21-13)23(14,19)20/h7,11,15H,3-6,8H2,1-2H3,(H,16,18)(H2,14,19,20)/t11-/m0/s1. The minimum Gasteiger partial charge on any atom is -0.356 e. The second kappa shape index (κ2) is 7.95. The monoisotopic (exact) mass is 378 g/mol. The van der Waals surface area contributed by atoms with Crippen LogP contribution in [0.2, 0.25) is 0 Å². The van der Waals surface area contributed by atoms with Crippen LogP contribution in [0.5, 0.6) is 0 Å². The van der Waals surface area contributed by atoms with Crippen molar-refractivity contribution in [2.75, 3.05) is 26.2 Å². The molecule has 0 spiro atoms. The molecular formula is C13H22N4O3S3. The molecule has 1 aliphatic rings. The largest absolute Gasteiger partial charge is 0.356 e. The van der Waals surface area contributed by atoms with Crippen molar-refractivity contribution in [3.63, 3.8) is 0 Å². The molecule has 0 saturated heterocycles. The SMILES string of the molecule is CCN[C@H]1CN(CCCNC(C)=O)Sc2sc(S(N)(=O)=O)cc21. The van der Waals surface area contributed by atoms with E-state index in [-0.39, 0.29) is 16.2 Å². The Kier molecular flexibility index (Phi) is 6.46. The summed E-state index contributed by atoms with van der Waals surface area (Å²) in [7, 11) is -3.67. The molecule has 23 heavy (non-hydrogen) atoms. The van der Waals surface area contributed by atoms with Crippen LogP contribution >= 0.6 is 23.3 Å². The second-order valence-electron chi connectivity index (χ2n) is 5.28. The lowest BCUT2D eigenvalue weighted by Gasteiger charge is -2.32. The van der Waals surface area contributed by atoms with Crippen LogP contribution in [0.1, 0.15) is 31.9 Å². The van der Waals surface area contributed by atoms with Crippen LogP contribution in [0.25, 0.3) is 0 Å². The first kappa shape index (κ1) is 18.7. The molecule has 1 aromatic heterocycles. The number of fused-ring (bicyclic) bond motifs is 1. The summed E-state index contributed by atoms with van der Waals surface area (Å²) in [5, 5.41) is 11.4. The second-order valence-corrected chi connectivity index (χ2v) is 9.49. The lowest BCUT2D eigenvalue weighted by molar-refractivity contribution is -0.118. The third kappa shape index (κ3) is 5.16. The van der Waals surface area contributed by atoms with Crippen LogP contribution in [0, 0.1) is 0 Å². The average Bonchev–Trinajstić information content (AvgIpc) is 2.88. The van der Waals surface area contributed by atoms with Gasteiger partial charge < -0.3 is 10.6 Å². The molecule has 0 aromatic carbocycles. The molecule has 1 amide bonds. The number of primary sulfonamides is 1. The number of likely N-dealkylation sites (N-methyl/N-ethyl adjacent to an activating group) is 1. The molecule has 1 atom stereocenters. The summed E-state index contributed by atoms with van der Waals surface area (Å²) in [6.07, 6.45) is 0.841. The predicted molar refractivity (Wildman–Crippen MR) is 92.8 cm³/mol. The molecule has 0 unspecified atom stereocenters. The van der Waals surface area contributed by atoms with Gasteiger partial charge in [-0.25, -0.2) is 17.9 Å². The Balaban J connectivity index is 2.08. The van der Waals surface area contributed by atoms with Gasteiger partial charge in [-0.15, -0.1) is 11.3 Å². The zero-order valence-corrected chi connectivity index (χ0v) is 15.6. The van der Waals surface area contributed by atoms with Gasteiger partial charge in [0, 0.05) is 32.6 Å². The number of amides is 1. The number of nitrogens with one attached hydrogen (secondary N) is 2. The molecule has 1 aliphatic heterocycles. The third-order valence-corrected chi connectivity index (χ3v) is 7.20. The van der Waals surface area contributed by atoms with E-state index in [1.54, 1.807) is 18.0 Å². The first-order chi connectivity index (χ1) is 10.8. The molecule has 0 saturated carbocycles. The number of carbonyl (C=O) groups is 1. The van der Waals surface area contributed by atoms with Crippen LogP contribution in [-0.4, -0.2) is 44.8 Å². The van der Waals surface area contributed by atoms with E-state index in [4.69, 9.17) is 5.14 Å². The normalized spacial score (nSPS) is 18.7. The van der Waals surface area contributed by atoms with Crippen LogP contribution in [-0.2, 0) is 14.8 Å². The molecule has 2 rings (SSSR count). The van der Waals surface area contributed by atoms with Gasteiger partial charge in [0.1, 0.15) is 4.21 Å². The summed E-state index contributed by atoms with van der Waals surface area (Å²) in [5.74, 6) is -0.0276. The first-order valence-electron chi connectivity index (χ1n) is 7.38. The fourth-order valence-corrected chi connectivity index (χ4v) is 5.93. The van der Waals surface area contributed by atoms with Crippen molar-refractivity contribution in [3.8, 4) is 0 Å². The molecular weight excluding hydrogens is 356 g/mol. The van der Waals surface area contributed by atoms with E-state index in [1.807, 2.05) is 6.92 Å². The van der Waals surface area contributed by atoms with Gasteiger partial charge in [-0.05, 0) is 36.5 Å². The Morgan fingerprint density at radius 1 is 1.52 bits per heavy atom. The molecule has 7 nitrogen and oxygen atoms in total. The van der Waals surface area contributed by atoms with E-state index in [9.17, 15) is 13.2 Å². The molecule has 1 aromatic rings. The van der Waals surface area contributed by atoms with E-state index in [2.05, 4.69) is 14.9 Å². The van der Waals surface area contributed by atoms with E-state index < -0.39 is 10.0 Å². The molecule has 2 heterocycles. The number of hydrogen-bond donors (Lipinski definition) is 3. The zero-order valence-electron chi connectivity index (χ0n) is 13.2. The number of sulfonamides is 1. The molecule has 130 valence electrons. The molecule has 0 fully saturated rings. The van der Waals surface area contributed by atoms with Gasteiger partial charge in [0.05, 0.1) is 4.21 Å². The summed E-state index contributed by atoms with van der Waals surface area (Å²) in [4.78, 5) is 10.9. The summed E-state index contributed by atoms with van der Waals surface area (Å²) < 4.78 is 26.5. The maximum absolute atomic E-state index is 11.6. The molecule has 10 heteroatoms. The van der Waals surface area contributed by atoms with Gasteiger partial charge in [0.2, 0.25) is 15.9 Å². The number of carbonyl (C=O) groups excluding carboxylic acids is 1. The summed E-state index contributed by atoms with van der Waals surface area (Å²) in [6, 6.07) is 1.77. The average molecular weight is 379 g/mol. The lowest BCUT2D eigenvalue weighted by Crippen LogP contribution is -2.36. The van der Waals surface area contributed by atoms with Crippen LogP contribution in [0.3, 0.4) is 0 Å². The van der Waals surface area contributed by atoms with Gasteiger partial charge in [-0.3, -0.25) is 4.79 Å². The summed E-state index contributed by atoms with van der Waals surface area (Å²) in [6.45, 7) is 6.56. The number of thiophene rings is 1. The number of nitrogens with zero attached hydrogens (tertiary/aromatic N) is 1. The van der Waals surface area contributed by atoms with Crippen molar-refractivity contribution in [1.29, 1.82) is 0 Å². The highest BCUT2D eigenvalue weighted by Gasteiger charge is 2.29. The lowest BCUT2D eigenvalue weighted by atomic mass is 10.1. The maximum atomic E-state index is 11.6. The Hall–Kier alpha value is -0.650. The van der Waals surface area contributed by atoms with Crippen LogP contribution in [0.15, 0.2) is 14.5 Å². The van der Waals surface area contributed by atoms with Crippen molar-refractivity contribution in [2.24, 2.45) is 5.14 Å². The van der Waals surface area contributed by atoms with Crippen molar-refractivity contribution >= 4 is 39.2 Å². The maximum Gasteiger partial charge on any atom is 0.247 e. The van der Waals surface area contributed by atoms with E-state index in [0.717, 1.165) is 35.8 Å². The predicted octanol–water partition coefficient (Wildman–Crippen LogP) is 0.895. The Morgan fingerprint density at radius 2 is 2.26 bits per heavy atom. The quantitative estimate of drug-likeness (QED) is 0.481. The Labute approximate surface area is 145 Å². The van der Waals surface area contributed by atoms with Gasteiger partial charge >= 0.3 is 0 Å². The number of rotatable bonds is 7. The van der Waals surface area contributed by atoms with Crippen LogP contribution in [0.4, 0.5) is 0 Å². The number of nitrogens with two attached hydrogens (primary N) is 1. The van der Waals surface area contributed by atoms with Crippen molar-refractivity contribution in [1.82, 2.24) is 14.9 Å². The highest BCUT2D eigenvalue weighted by Crippen LogP contribution is 2.43. The van der Waals surface area contributed by atoms with Gasteiger partial charge in [-0.2, -0.15) is 0 Å². The molecule has 0 bridgehead atoms. The highest BCUT2D eigenvalue weighted by molar-refractivity contribution is 7.99. The highest BCUT2D eigenvalue weighted by atomic mass is 32.3. The molecule has 0 radical (unpaired) electrons. The van der Waals surface area contributed by atoms with Gasteiger partial charge in [-0.1, -0.05) is 6.92 Å². The smallest absolute Gasteiger partial charge is 0.247 e. The topological polar surface area (TPSA) is 105 Å². The summed E-state index contributed by atoms with van der Waals surface area (Å²) >= 11 is 2.78. The van der Waals surface area contributed by atoms with Crippen molar-refractivity contribution in [3.05, 3.63) is 11.6 Å². The molecule has 0 aliphatic carbocycles. The zero-order chi connectivity index (χ0) is 17.0. The minimum absolute atomic E-state index is 0.0276. The third-order valence-electron chi connectivity index (χ3n) is 3.37. The Morgan fingerprint density at radius 3 is 2.87 bits per heavy atom. The molecule has 4 N–H and O–H groups in total. The fourth-order valence-electron chi connectivity index (χ4n) is 2.35. The Bertz CT molecular complexity index is 659. The fraction of sp³-hybridized carbons (Fsp3) is 0.615. The minimum atomic E-state index is -3.67. The van der Waals surface area contributed by atoms with E-state index in [1.165, 1.54) is 18.3 Å². The van der Waals surface area contributed by atoms with E-state index in [0.29, 0.717) is 6.54 Å². The van der Waals surface area contributed by atoms with Crippen molar-refractivity contribution in [2.45, 2.75) is 34.7 Å².